The van der Waals surface area contributed by atoms with Crippen molar-refractivity contribution in [3.63, 3.8) is 0 Å². The molecule has 0 aliphatic carbocycles. The van der Waals surface area contributed by atoms with Crippen molar-refractivity contribution in [3.8, 4) is 11.5 Å². The predicted molar refractivity (Wildman–Crippen MR) is 139 cm³/mol. The van der Waals surface area contributed by atoms with Crippen LogP contribution in [0.4, 0.5) is 0 Å². The lowest BCUT2D eigenvalue weighted by atomic mass is 9.78. The first-order valence-electron chi connectivity index (χ1n) is 12.6. The molecule has 0 fully saturated rings. The first-order chi connectivity index (χ1) is 15.9. The van der Waals surface area contributed by atoms with E-state index in [9.17, 15) is 10.00 Å². The van der Waals surface area contributed by atoms with Crippen molar-refractivity contribution in [1.82, 2.24) is 0 Å². The summed E-state index contributed by atoms with van der Waals surface area (Å²) in [4.78, 5) is 10.1. The van der Waals surface area contributed by atoms with Crippen molar-refractivity contribution in [3.05, 3.63) is 59.7 Å². The fourth-order valence-corrected chi connectivity index (χ4v) is 4.64. The molecular weight excluding hydrogens is 431 g/mol. The minimum atomic E-state index is -1.91. The van der Waals surface area contributed by atoms with Crippen molar-refractivity contribution in [2.24, 2.45) is 0 Å². The molecule has 5 heteroatoms. The molecule has 1 unspecified atom stereocenters. The molecule has 0 spiro atoms. The molecule has 0 aliphatic rings. The zero-order valence-electron chi connectivity index (χ0n) is 20.8. The maximum atomic E-state index is 10.1. The number of phenols is 1. The van der Waals surface area contributed by atoms with Crippen LogP contribution < -0.4 is 4.52 Å². The Hall–Kier alpha value is -1.61. The van der Waals surface area contributed by atoms with Crippen LogP contribution in [0, 0.1) is 0 Å². The third kappa shape index (κ3) is 10.5. The Morgan fingerprint density at radius 1 is 0.697 bits per heavy atom. The van der Waals surface area contributed by atoms with Gasteiger partial charge in [0.15, 0.2) is 0 Å². The summed E-state index contributed by atoms with van der Waals surface area (Å²) >= 11 is 0. The van der Waals surface area contributed by atoms with Crippen LogP contribution in [0.5, 0.6) is 11.5 Å². The zero-order chi connectivity index (χ0) is 23.9. The number of benzene rings is 2. The summed E-state index contributed by atoms with van der Waals surface area (Å²) < 4.78 is 11.0. The summed E-state index contributed by atoms with van der Waals surface area (Å²) in [6.07, 6.45) is 14.2. The third-order valence-corrected chi connectivity index (χ3v) is 7.07. The van der Waals surface area contributed by atoms with Crippen molar-refractivity contribution in [1.29, 1.82) is 0 Å². The van der Waals surface area contributed by atoms with E-state index in [1.165, 1.54) is 57.8 Å². The van der Waals surface area contributed by atoms with Crippen LogP contribution in [0.1, 0.15) is 103 Å². The second-order valence-electron chi connectivity index (χ2n) is 9.39. The van der Waals surface area contributed by atoms with Crippen LogP contribution >= 0.6 is 8.60 Å². The van der Waals surface area contributed by atoms with Crippen LogP contribution in [0.15, 0.2) is 48.5 Å². The fourth-order valence-electron chi connectivity index (χ4n) is 4.00. The first-order valence-corrected chi connectivity index (χ1v) is 13.8. The summed E-state index contributed by atoms with van der Waals surface area (Å²) in [5.41, 5.74) is 2.04. The second-order valence-corrected chi connectivity index (χ2v) is 10.3. The van der Waals surface area contributed by atoms with Gasteiger partial charge in [0, 0.05) is 5.41 Å². The zero-order valence-corrected chi connectivity index (χ0v) is 21.7. The lowest BCUT2D eigenvalue weighted by molar-refractivity contribution is 0.253. The summed E-state index contributed by atoms with van der Waals surface area (Å²) in [6.45, 7) is 7.08. The van der Waals surface area contributed by atoms with Crippen LogP contribution in [-0.4, -0.2) is 16.6 Å². The van der Waals surface area contributed by atoms with Gasteiger partial charge in [-0.3, -0.25) is 0 Å². The van der Waals surface area contributed by atoms with Gasteiger partial charge in [0.2, 0.25) is 0 Å². The van der Waals surface area contributed by atoms with Crippen molar-refractivity contribution in [2.75, 3.05) is 6.61 Å². The molecule has 0 amide bonds. The van der Waals surface area contributed by atoms with Gasteiger partial charge in [-0.2, -0.15) is 0 Å². The van der Waals surface area contributed by atoms with E-state index in [4.69, 9.17) is 9.05 Å². The van der Waals surface area contributed by atoms with Crippen LogP contribution in [0.2, 0.25) is 0 Å². The van der Waals surface area contributed by atoms with Crippen molar-refractivity contribution >= 4 is 8.60 Å². The molecule has 2 N–H and O–H groups in total. The van der Waals surface area contributed by atoms with Gasteiger partial charge in [0.1, 0.15) is 11.5 Å². The molecule has 2 rings (SSSR count). The average Bonchev–Trinajstić information content (AvgIpc) is 2.80. The maximum Gasteiger partial charge on any atom is 0.394 e. The van der Waals surface area contributed by atoms with Crippen molar-refractivity contribution in [2.45, 2.75) is 96.8 Å². The Bertz CT molecular complexity index is 758. The van der Waals surface area contributed by atoms with Gasteiger partial charge in [-0.05, 0) is 41.8 Å². The van der Waals surface area contributed by atoms with E-state index in [2.05, 4.69) is 20.8 Å². The number of unbranched alkanes of at least 4 members (excludes halogenated alkanes) is 10. The largest absolute Gasteiger partial charge is 0.508 e. The molecule has 1 atom stereocenters. The molecule has 0 heterocycles. The standard InChI is InChI=1S/C28H43O4P/c1-4-5-6-7-8-9-10-11-12-13-14-23-31-33(30)32-27-21-17-25(18-22-27)28(2,3)24-15-19-26(29)20-16-24/h15-22,29-30H,4-14,23H2,1-3H3. The Balaban J connectivity index is 1.60. The highest BCUT2D eigenvalue weighted by Crippen LogP contribution is 2.37. The minimum absolute atomic E-state index is 0.207. The normalized spacial score (nSPS) is 12.6. The monoisotopic (exact) mass is 474 g/mol. The summed E-state index contributed by atoms with van der Waals surface area (Å²) in [5.74, 6) is 0.871. The number of phenolic OH excluding ortho intramolecular Hbond substituents is 1. The Kier molecular flexibility index (Phi) is 12.8. The lowest BCUT2D eigenvalue weighted by Gasteiger charge is -2.26. The molecule has 0 saturated heterocycles. The van der Waals surface area contributed by atoms with E-state index in [1.807, 2.05) is 36.4 Å². The van der Waals surface area contributed by atoms with E-state index in [-0.39, 0.29) is 11.2 Å². The van der Waals surface area contributed by atoms with Crippen molar-refractivity contribution < 1.29 is 19.0 Å². The Morgan fingerprint density at radius 2 is 1.15 bits per heavy atom. The summed E-state index contributed by atoms with van der Waals surface area (Å²) in [7, 11) is -1.91. The van der Waals surface area contributed by atoms with Gasteiger partial charge in [-0.15, -0.1) is 0 Å². The first kappa shape index (κ1) is 27.6. The van der Waals surface area contributed by atoms with E-state index >= 15 is 0 Å². The molecular formula is C28H43O4P. The maximum absolute atomic E-state index is 10.1. The highest BCUT2D eigenvalue weighted by molar-refractivity contribution is 7.41. The lowest BCUT2D eigenvalue weighted by Crippen LogP contribution is -2.18. The van der Waals surface area contributed by atoms with Gasteiger partial charge in [0.05, 0.1) is 6.61 Å². The SMILES string of the molecule is CCCCCCCCCCCCCOP(O)Oc1ccc(C(C)(C)c2ccc(O)cc2)cc1. The number of rotatable bonds is 17. The second kappa shape index (κ2) is 15.3. The highest BCUT2D eigenvalue weighted by Gasteiger charge is 2.23. The van der Waals surface area contributed by atoms with Gasteiger partial charge in [0.25, 0.3) is 0 Å². The topological polar surface area (TPSA) is 58.9 Å². The van der Waals surface area contributed by atoms with Crippen LogP contribution in [-0.2, 0) is 9.94 Å². The smallest absolute Gasteiger partial charge is 0.394 e. The van der Waals surface area contributed by atoms with Gasteiger partial charge in [-0.1, -0.05) is 109 Å². The molecule has 2 aromatic rings. The molecule has 184 valence electrons. The number of hydrogen-bond acceptors (Lipinski definition) is 4. The molecule has 33 heavy (non-hydrogen) atoms. The van der Waals surface area contributed by atoms with E-state index in [0.717, 1.165) is 24.0 Å². The highest BCUT2D eigenvalue weighted by atomic mass is 31.2. The minimum Gasteiger partial charge on any atom is -0.508 e. The summed E-state index contributed by atoms with van der Waals surface area (Å²) in [5, 5.41) is 9.53. The molecule has 0 bridgehead atoms. The van der Waals surface area contributed by atoms with E-state index < -0.39 is 8.60 Å². The van der Waals surface area contributed by atoms with E-state index in [0.29, 0.717) is 12.4 Å². The molecule has 0 aromatic heterocycles. The van der Waals surface area contributed by atoms with Crippen LogP contribution in [0.25, 0.3) is 0 Å². The fraction of sp³-hybridized carbons (Fsp3) is 0.571. The molecule has 0 radical (unpaired) electrons. The summed E-state index contributed by atoms with van der Waals surface area (Å²) in [6, 6.07) is 15.1. The van der Waals surface area contributed by atoms with E-state index in [1.54, 1.807) is 12.1 Å². The average molecular weight is 475 g/mol. The number of aromatic hydroxyl groups is 1. The third-order valence-electron chi connectivity index (χ3n) is 6.30. The quantitative estimate of drug-likeness (QED) is 0.178. The van der Waals surface area contributed by atoms with Gasteiger partial charge < -0.3 is 19.0 Å². The molecule has 0 aliphatic heterocycles. The molecule has 2 aromatic carbocycles. The van der Waals surface area contributed by atoms with Crippen LogP contribution in [0.3, 0.4) is 0 Å². The van der Waals surface area contributed by atoms with Gasteiger partial charge in [-0.25, -0.2) is 0 Å². The van der Waals surface area contributed by atoms with Gasteiger partial charge >= 0.3 is 8.60 Å². The predicted octanol–water partition coefficient (Wildman–Crippen LogP) is 8.64. The molecule has 4 nitrogen and oxygen atoms in total. The number of hydrogen-bond donors (Lipinski definition) is 2. The Morgan fingerprint density at radius 3 is 1.67 bits per heavy atom. The Labute approximate surface area is 202 Å². The molecule has 0 saturated carbocycles.